The lowest BCUT2D eigenvalue weighted by Crippen LogP contribution is -2.34. The third-order valence-electron chi connectivity index (χ3n) is 2.28. The third-order valence-corrected chi connectivity index (χ3v) is 2.28. The monoisotopic (exact) mass is 187 g/mol. The Balaban J connectivity index is 2.57. The molecule has 0 aliphatic carbocycles. The molecule has 0 saturated carbocycles. The van der Waals surface area contributed by atoms with Crippen molar-refractivity contribution in [2.45, 2.75) is 32.2 Å². The Kier molecular flexibility index (Phi) is 2.54. The van der Waals surface area contributed by atoms with Crippen molar-refractivity contribution in [1.29, 1.82) is 0 Å². The summed E-state index contributed by atoms with van der Waals surface area (Å²) in [6.45, 7) is 3.45. The maximum Gasteiger partial charge on any atom is 0.309 e. The first-order valence-corrected chi connectivity index (χ1v) is 4.24. The van der Waals surface area contributed by atoms with Gasteiger partial charge in [-0.05, 0) is 6.42 Å². The molecule has 0 spiro atoms. The molecule has 0 radical (unpaired) electrons. The molecule has 0 bridgehead atoms. The van der Waals surface area contributed by atoms with Crippen LogP contribution >= 0.6 is 0 Å². The van der Waals surface area contributed by atoms with Gasteiger partial charge >= 0.3 is 5.97 Å². The Hall–Kier alpha value is -1.13. The van der Waals surface area contributed by atoms with E-state index in [1.165, 1.54) is 13.8 Å². The second-order valence-corrected chi connectivity index (χ2v) is 3.93. The summed E-state index contributed by atoms with van der Waals surface area (Å²) in [5, 5.41) is 10.6. The normalized spacial score (nSPS) is 22.9. The van der Waals surface area contributed by atoms with Gasteiger partial charge in [0.05, 0.1) is 12.5 Å². The van der Waals surface area contributed by atoms with E-state index < -0.39 is 5.54 Å². The Labute approximate surface area is 76.2 Å². The molecule has 0 N–H and O–H groups in total. The van der Waals surface area contributed by atoms with E-state index in [-0.39, 0.29) is 23.2 Å². The molecule has 0 aromatic heterocycles. The van der Waals surface area contributed by atoms with Crippen molar-refractivity contribution in [3.63, 3.8) is 0 Å². The molecule has 0 aromatic carbocycles. The van der Waals surface area contributed by atoms with E-state index in [1.807, 2.05) is 0 Å². The van der Waals surface area contributed by atoms with E-state index in [1.54, 1.807) is 0 Å². The summed E-state index contributed by atoms with van der Waals surface area (Å²) in [6, 6.07) is 0. The van der Waals surface area contributed by atoms with Gasteiger partial charge in [0, 0.05) is 25.2 Å². The summed E-state index contributed by atoms with van der Waals surface area (Å²) in [4.78, 5) is 21.3. The standard InChI is InChI=1S/C8H13NO4/c1-8(2,9(11)12)5-6-3-4-13-7(6)10/h6H,3-5H2,1-2H3. The molecule has 1 aliphatic rings. The number of nitro groups is 1. The second kappa shape index (κ2) is 3.32. The summed E-state index contributed by atoms with van der Waals surface area (Å²) >= 11 is 0. The van der Waals surface area contributed by atoms with Crippen molar-refractivity contribution in [1.82, 2.24) is 0 Å². The number of esters is 1. The quantitative estimate of drug-likeness (QED) is 0.375. The zero-order valence-corrected chi connectivity index (χ0v) is 7.78. The molecule has 1 saturated heterocycles. The van der Waals surface area contributed by atoms with Crippen molar-refractivity contribution in [2.75, 3.05) is 6.61 Å². The van der Waals surface area contributed by atoms with Crippen LogP contribution in [-0.4, -0.2) is 23.0 Å². The van der Waals surface area contributed by atoms with Crippen molar-refractivity contribution in [3.8, 4) is 0 Å². The summed E-state index contributed by atoms with van der Waals surface area (Å²) in [5.41, 5.74) is -1.03. The SMILES string of the molecule is CC(C)(CC1CCOC1=O)[N+](=O)[O-]. The van der Waals surface area contributed by atoms with Gasteiger partial charge < -0.3 is 4.74 Å². The molecule has 1 atom stereocenters. The van der Waals surface area contributed by atoms with Crippen LogP contribution in [0.3, 0.4) is 0 Å². The largest absolute Gasteiger partial charge is 0.465 e. The zero-order valence-electron chi connectivity index (χ0n) is 7.78. The number of ether oxygens (including phenoxy) is 1. The Bertz CT molecular complexity index is 236. The predicted molar refractivity (Wildman–Crippen MR) is 44.8 cm³/mol. The molecule has 13 heavy (non-hydrogen) atoms. The van der Waals surface area contributed by atoms with Crippen LogP contribution in [-0.2, 0) is 9.53 Å². The van der Waals surface area contributed by atoms with Gasteiger partial charge in [0.2, 0.25) is 5.54 Å². The van der Waals surface area contributed by atoms with Crippen LogP contribution in [0, 0.1) is 16.0 Å². The molecular formula is C8H13NO4. The lowest BCUT2D eigenvalue weighted by atomic mass is 9.90. The maximum absolute atomic E-state index is 11.0. The highest BCUT2D eigenvalue weighted by atomic mass is 16.6. The fraction of sp³-hybridized carbons (Fsp3) is 0.875. The van der Waals surface area contributed by atoms with Crippen molar-refractivity contribution >= 4 is 5.97 Å². The average Bonchev–Trinajstić information content (AvgIpc) is 2.35. The van der Waals surface area contributed by atoms with E-state index in [0.717, 1.165) is 0 Å². The van der Waals surface area contributed by atoms with Crippen LogP contribution in [0.1, 0.15) is 26.7 Å². The Morgan fingerprint density at radius 2 is 2.31 bits per heavy atom. The van der Waals surface area contributed by atoms with Gasteiger partial charge in [-0.2, -0.15) is 0 Å². The first-order chi connectivity index (χ1) is 5.93. The fourth-order valence-electron chi connectivity index (χ4n) is 1.40. The van der Waals surface area contributed by atoms with Crippen LogP contribution in [0.25, 0.3) is 0 Å². The van der Waals surface area contributed by atoms with Gasteiger partial charge in [0.25, 0.3) is 0 Å². The number of carbonyl (C=O) groups excluding carboxylic acids is 1. The summed E-state index contributed by atoms with van der Waals surface area (Å²) in [7, 11) is 0. The summed E-state index contributed by atoms with van der Waals surface area (Å²) in [5.74, 6) is -0.588. The molecule has 74 valence electrons. The highest BCUT2D eigenvalue weighted by Crippen LogP contribution is 2.26. The molecule has 1 unspecified atom stereocenters. The van der Waals surface area contributed by atoms with Gasteiger partial charge in [-0.15, -0.1) is 0 Å². The number of rotatable bonds is 3. The molecule has 1 fully saturated rings. The lowest BCUT2D eigenvalue weighted by Gasteiger charge is -2.17. The molecule has 0 aromatic rings. The van der Waals surface area contributed by atoms with Crippen LogP contribution in [0.5, 0.6) is 0 Å². The number of nitrogens with zero attached hydrogens (tertiary/aromatic N) is 1. The second-order valence-electron chi connectivity index (χ2n) is 3.93. The number of hydrogen-bond donors (Lipinski definition) is 0. The fourth-order valence-corrected chi connectivity index (χ4v) is 1.40. The molecule has 5 nitrogen and oxygen atoms in total. The van der Waals surface area contributed by atoms with Gasteiger partial charge in [-0.3, -0.25) is 14.9 Å². The van der Waals surface area contributed by atoms with Crippen LogP contribution in [0.2, 0.25) is 0 Å². The van der Waals surface area contributed by atoms with Gasteiger partial charge in [0.15, 0.2) is 0 Å². The van der Waals surface area contributed by atoms with Crippen molar-refractivity contribution < 1.29 is 14.5 Å². The highest BCUT2D eigenvalue weighted by molar-refractivity contribution is 5.74. The van der Waals surface area contributed by atoms with E-state index in [0.29, 0.717) is 13.0 Å². The minimum atomic E-state index is -1.03. The molecule has 1 heterocycles. The maximum atomic E-state index is 11.0. The van der Waals surface area contributed by atoms with Crippen LogP contribution < -0.4 is 0 Å². The van der Waals surface area contributed by atoms with Crippen molar-refractivity contribution in [3.05, 3.63) is 10.1 Å². The van der Waals surface area contributed by atoms with Gasteiger partial charge in [-0.25, -0.2) is 0 Å². The first-order valence-electron chi connectivity index (χ1n) is 4.24. The van der Waals surface area contributed by atoms with Gasteiger partial charge in [0.1, 0.15) is 0 Å². The summed E-state index contributed by atoms with van der Waals surface area (Å²) < 4.78 is 4.73. The number of hydrogen-bond acceptors (Lipinski definition) is 4. The van der Waals surface area contributed by atoms with Crippen molar-refractivity contribution in [2.24, 2.45) is 5.92 Å². The molecule has 0 amide bonds. The molecule has 1 rings (SSSR count). The third kappa shape index (κ3) is 2.17. The van der Waals surface area contributed by atoms with Crippen LogP contribution in [0.4, 0.5) is 0 Å². The first kappa shape index (κ1) is 9.95. The molecular weight excluding hydrogens is 174 g/mol. The minimum absolute atomic E-state index is 0.263. The summed E-state index contributed by atoms with van der Waals surface area (Å²) in [6.07, 6.45) is 0.870. The number of carbonyl (C=O) groups is 1. The van der Waals surface area contributed by atoms with E-state index >= 15 is 0 Å². The van der Waals surface area contributed by atoms with Crippen LogP contribution in [0.15, 0.2) is 0 Å². The average molecular weight is 187 g/mol. The highest BCUT2D eigenvalue weighted by Gasteiger charge is 2.39. The zero-order chi connectivity index (χ0) is 10.1. The Morgan fingerprint density at radius 3 is 2.69 bits per heavy atom. The molecule has 5 heteroatoms. The minimum Gasteiger partial charge on any atom is -0.465 e. The van der Waals surface area contributed by atoms with Gasteiger partial charge in [-0.1, -0.05) is 0 Å². The lowest BCUT2D eigenvalue weighted by molar-refractivity contribution is -0.562. The van der Waals surface area contributed by atoms with E-state index in [9.17, 15) is 14.9 Å². The Morgan fingerprint density at radius 1 is 1.69 bits per heavy atom. The molecule has 1 aliphatic heterocycles. The smallest absolute Gasteiger partial charge is 0.309 e. The van der Waals surface area contributed by atoms with E-state index in [4.69, 9.17) is 4.74 Å². The predicted octanol–water partition coefficient (Wildman–Crippen LogP) is 0.995. The number of cyclic esters (lactones) is 1. The topological polar surface area (TPSA) is 69.4 Å². The van der Waals surface area contributed by atoms with E-state index in [2.05, 4.69) is 0 Å².